The second-order valence-corrected chi connectivity index (χ2v) is 7.19. The Kier molecular flexibility index (Phi) is 5.26. The molecule has 2 nitrogen and oxygen atoms in total. The van der Waals surface area contributed by atoms with E-state index >= 15 is 0 Å². The maximum atomic E-state index is 4.53. The van der Waals surface area contributed by atoms with Crippen molar-refractivity contribution in [3.05, 3.63) is 45.9 Å². The van der Waals surface area contributed by atoms with Crippen molar-refractivity contribution >= 4 is 32.9 Å². The molecule has 0 aliphatic carbocycles. The lowest BCUT2D eigenvalue weighted by molar-refractivity contribution is 0.852. The summed E-state index contributed by atoms with van der Waals surface area (Å²) in [7, 11) is 0. The van der Waals surface area contributed by atoms with Crippen LogP contribution in [0.5, 0.6) is 0 Å². The van der Waals surface area contributed by atoms with Crippen LogP contribution in [0.15, 0.2) is 35.8 Å². The topological polar surface area (TPSA) is 25.8 Å². The van der Waals surface area contributed by atoms with Gasteiger partial charge in [-0.05, 0) is 12.1 Å². The van der Waals surface area contributed by atoms with Crippen molar-refractivity contribution < 1.29 is 0 Å². The molecule has 20 heavy (non-hydrogen) atoms. The van der Waals surface area contributed by atoms with Crippen LogP contribution in [0.1, 0.15) is 49.5 Å². The zero-order chi connectivity index (χ0) is 14.5. The molecule has 0 radical (unpaired) electrons. The Morgan fingerprint density at radius 3 is 2.15 bits per heavy atom. The number of nitrogens with zero attached hydrogens (tertiary/aromatic N) is 2. The Bertz CT molecular complexity index is 606. The predicted molar refractivity (Wildman–Crippen MR) is 89.9 cm³/mol. The Morgan fingerprint density at radius 2 is 1.65 bits per heavy atom. The highest BCUT2D eigenvalue weighted by molar-refractivity contribution is 7.18. The Hall–Kier alpha value is -1.26. The van der Waals surface area contributed by atoms with E-state index in [9.17, 15) is 0 Å². The van der Waals surface area contributed by atoms with E-state index in [1.165, 1.54) is 14.7 Å². The van der Waals surface area contributed by atoms with Crippen LogP contribution in [-0.2, 0) is 0 Å². The second-order valence-electron chi connectivity index (χ2n) is 5.20. The third-order valence-electron chi connectivity index (χ3n) is 2.75. The molecular formula is C16H20N2S2. The van der Waals surface area contributed by atoms with Crippen LogP contribution in [-0.4, -0.2) is 9.97 Å². The van der Waals surface area contributed by atoms with Gasteiger partial charge in [-0.1, -0.05) is 39.8 Å². The summed E-state index contributed by atoms with van der Waals surface area (Å²) in [6, 6.07) is 8.29. The van der Waals surface area contributed by atoms with Crippen LogP contribution in [0.4, 0.5) is 0 Å². The summed E-state index contributed by atoms with van der Waals surface area (Å²) in [5.74, 6) is 1.14. The lowest BCUT2D eigenvalue weighted by atomic mass is 10.2. The highest BCUT2D eigenvalue weighted by atomic mass is 32.1. The molecular weight excluding hydrogens is 284 g/mol. The number of hydrogen-bond donors (Lipinski definition) is 0. The maximum Gasteiger partial charge on any atom is 0.0963 e. The molecule has 0 bridgehead atoms. The molecule has 3 rings (SSSR count). The maximum absolute atomic E-state index is 4.53. The molecule has 2 aromatic heterocycles. The first-order valence-corrected chi connectivity index (χ1v) is 8.52. The number of benzene rings is 1. The van der Waals surface area contributed by atoms with Gasteiger partial charge in [0.25, 0.3) is 0 Å². The van der Waals surface area contributed by atoms with Crippen LogP contribution in [0.25, 0.3) is 10.2 Å². The molecule has 1 aromatic carbocycles. The van der Waals surface area contributed by atoms with Crippen molar-refractivity contribution in [1.82, 2.24) is 9.97 Å². The van der Waals surface area contributed by atoms with Crippen molar-refractivity contribution in [2.45, 2.75) is 39.5 Å². The molecule has 0 aliphatic rings. The van der Waals surface area contributed by atoms with Gasteiger partial charge in [-0.2, -0.15) is 0 Å². The standard InChI is InChI=1S/C10H11NS.C6H9NS/c1-7(2)10-11-8-5-3-4-6-9(8)12-10;1-5(2)6-7-3-4-8-6/h3-7H,1-2H3;3-5H,1-2H3. The fourth-order valence-corrected chi connectivity index (χ4v) is 3.28. The van der Waals surface area contributed by atoms with Gasteiger partial charge in [0.15, 0.2) is 0 Å². The summed E-state index contributed by atoms with van der Waals surface area (Å²) in [5.41, 5.74) is 1.13. The fourth-order valence-electron chi connectivity index (χ4n) is 1.66. The van der Waals surface area contributed by atoms with Crippen molar-refractivity contribution in [3.8, 4) is 0 Å². The summed E-state index contributed by atoms with van der Waals surface area (Å²) in [6.07, 6.45) is 1.85. The van der Waals surface area contributed by atoms with E-state index < -0.39 is 0 Å². The van der Waals surface area contributed by atoms with Crippen LogP contribution < -0.4 is 0 Å². The predicted octanol–water partition coefficient (Wildman–Crippen LogP) is 5.69. The zero-order valence-corrected chi connectivity index (χ0v) is 14.0. The molecule has 0 spiro atoms. The molecule has 0 saturated heterocycles. The first kappa shape index (κ1) is 15.1. The first-order chi connectivity index (χ1) is 9.58. The minimum absolute atomic E-state index is 0.544. The highest BCUT2D eigenvalue weighted by Crippen LogP contribution is 2.26. The number of thiazole rings is 2. The first-order valence-electron chi connectivity index (χ1n) is 6.82. The van der Waals surface area contributed by atoms with Crippen LogP contribution in [0, 0.1) is 0 Å². The van der Waals surface area contributed by atoms with Gasteiger partial charge in [0.2, 0.25) is 0 Å². The molecule has 0 N–H and O–H groups in total. The smallest absolute Gasteiger partial charge is 0.0963 e. The van der Waals surface area contributed by atoms with E-state index in [1.807, 2.05) is 17.6 Å². The molecule has 106 valence electrons. The van der Waals surface area contributed by atoms with Gasteiger partial charge < -0.3 is 0 Å². The molecule has 0 saturated carbocycles. The quantitative estimate of drug-likeness (QED) is 0.608. The van der Waals surface area contributed by atoms with Gasteiger partial charge in [0.1, 0.15) is 0 Å². The van der Waals surface area contributed by atoms with E-state index in [0.717, 1.165) is 5.52 Å². The summed E-state index contributed by atoms with van der Waals surface area (Å²) < 4.78 is 1.29. The number of aromatic nitrogens is 2. The van der Waals surface area contributed by atoms with E-state index in [2.05, 4.69) is 55.9 Å². The SMILES string of the molecule is CC(C)c1nc2ccccc2s1.CC(C)c1nccs1. The minimum Gasteiger partial charge on any atom is -0.249 e. The van der Waals surface area contributed by atoms with Crippen LogP contribution in [0.2, 0.25) is 0 Å². The third kappa shape index (κ3) is 3.87. The van der Waals surface area contributed by atoms with Crippen LogP contribution >= 0.6 is 22.7 Å². The number of rotatable bonds is 2. The van der Waals surface area contributed by atoms with E-state index in [1.54, 1.807) is 22.7 Å². The lowest BCUT2D eigenvalue weighted by Crippen LogP contribution is -1.82. The minimum atomic E-state index is 0.544. The summed E-state index contributed by atoms with van der Waals surface area (Å²) in [4.78, 5) is 8.67. The van der Waals surface area contributed by atoms with Gasteiger partial charge in [-0.25, -0.2) is 9.97 Å². The third-order valence-corrected chi connectivity index (χ3v) is 5.16. The highest BCUT2D eigenvalue weighted by Gasteiger charge is 2.05. The van der Waals surface area contributed by atoms with Gasteiger partial charge in [-0.3, -0.25) is 0 Å². The molecule has 0 fully saturated rings. The van der Waals surface area contributed by atoms with E-state index in [0.29, 0.717) is 11.8 Å². The van der Waals surface area contributed by atoms with E-state index in [4.69, 9.17) is 0 Å². The van der Waals surface area contributed by atoms with Gasteiger partial charge in [0.05, 0.1) is 20.2 Å². The number of fused-ring (bicyclic) bond motifs is 1. The second kappa shape index (κ2) is 6.95. The Morgan fingerprint density at radius 1 is 0.950 bits per heavy atom. The van der Waals surface area contributed by atoms with Crippen molar-refractivity contribution in [1.29, 1.82) is 0 Å². The van der Waals surface area contributed by atoms with Crippen molar-refractivity contribution in [3.63, 3.8) is 0 Å². The van der Waals surface area contributed by atoms with Crippen molar-refractivity contribution in [2.75, 3.05) is 0 Å². The number of hydrogen-bond acceptors (Lipinski definition) is 4. The summed E-state index contributed by atoms with van der Waals surface area (Å²) in [6.45, 7) is 8.66. The van der Waals surface area contributed by atoms with Crippen molar-refractivity contribution in [2.24, 2.45) is 0 Å². The van der Waals surface area contributed by atoms with Crippen LogP contribution in [0.3, 0.4) is 0 Å². The molecule has 3 aromatic rings. The zero-order valence-electron chi connectivity index (χ0n) is 12.3. The van der Waals surface area contributed by atoms with Gasteiger partial charge in [0, 0.05) is 23.4 Å². The lowest BCUT2D eigenvalue weighted by Gasteiger charge is -1.94. The molecule has 0 amide bonds. The normalized spacial score (nSPS) is 10.9. The molecule has 4 heteroatoms. The summed E-state index contributed by atoms with van der Waals surface area (Å²) in [5, 5.41) is 4.47. The molecule has 0 unspecified atom stereocenters. The average molecular weight is 304 g/mol. The van der Waals surface area contributed by atoms with Gasteiger partial charge in [-0.15, -0.1) is 22.7 Å². The fraction of sp³-hybridized carbons (Fsp3) is 0.375. The van der Waals surface area contributed by atoms with Gasteiger partial charge >= 0.3 is 0 Å². The largest absolute Gasteiger partial charge is 0.249 e. The molecule has 2 heterocycles. The Labute approximate surface area is 128 Å². The van der Waals surface area contributed by atoms with E-state index in [-0.39, 0.29) is 0 Å². The monoisotopic (exact) mass is 304 g/mol. The Balaban J connectivity index is 0.000000160. The molecule has 0 atom stereocenters. The summed E-state index contributed by atoms with van der Waals surface area (Å²) >= 11 is 3.51. The average Bonchev–Trinajstić information content (AvgIpc) is 3.08. The molecule has 0 aliphatic heterocycles. The number of para-hydroxylation sites is 1.